The first-order valence-corrected chi connectivity index (χ1v) is 10.2. The maximum absolute atomic E-state index is 9.24. The van der Waals surface area contributed by atoms with Crippen molar-refractivity contribution in [3.63, 3.8) is 0 Å². The van der Waals surface area contributed by atoms with Crippen LogP contribution in [0.25, 0.3) is 12.2 Å². The number of rotatable bonds is 8. The predicted octanol–water partition coefficient (Wildman–Crippen LogP) is 3.69. The second kappa shape index (κ2) is 9.45. The maximum Gasteiger partial charge on any atom is 0.614 e. The molecule has 3 N–H and O–H groups in total. The van der Waals surface area contributed by atoms with E-state index in [0.29, 0.717) is 27.3 Å². The lowest BCUT2D eigenvalue weighted by atomic mass is 10.1. The summed E-state index contributed by atoms with van der Waals surface area (Å²) < 4.78 is 26.3. The molecule has 0 atom stereocenters. The van der Waals surface area contributed by atoms with Gasteiger partial charge >= 0.3 is 8.17 Å². The SMILES string of the molecule is COc1cc(/C=C\c2ccc(OC)c(O[P+](O)(O)O)c2Br)cc(OC)c1OC. The number of methoxy groups -OCH3 is 4. The molecule has 2 aromatic carbocycles. The molecule has 0 unspecified atom stereocenters. The van der Waals surface area contributed by atoms with Crippen molar-refractivity contribution in [3.8, 4) is 28.7 Å². The van der Waals surface area contributed by atoms with Gasteiger partial charge in [0.25, 0.3) is 0 Å². The van der Waals surface area contributed by atoms with Gasteiger partial charge in [-0.25, -0.2) is 0 Å². The van der Waals surface area contributed by atoms with Crippen molar-refractivity contribution in [1.29, 1.82) is 0 Å². The maximum atomic E-state index is 9.24. The molecule has 0 aliphatic carbocycles. The number of ether oxygens (including phenoxy) is 4. The molecule has 0 aliphatic heterocycles. The van der Waals surface area contributed by atoms with E-state index in [9.17, 15) is 14.7 Å². The van der Waals surface area contributed by atoms with E-state index in [2.05, 4.69) is 15.9 Å². The lowest BCUT2D eigenvalue weighted by Crippen LogP contribution is -2.01. The molecule has 2 aromatic rings. The lowest BCUT2D eigenvalue weighted by molar-refractivity contribution is 0.233. The minimum atomic E-state index is -4.51. The molecule has 0 bridgehead atoms. The Bertz CT molecular complexity index is 838. The van der Waals surface area contributed by atoms with E-state index in [0.717, 1.165) is 5.56 Å². The molecule has 0 heterocycles. The molecule has 152 valence electrons. The number of benzene rings is 2. The fraction of sp³-hybridized carbons (Fsp3) is 0.222. The first kappa shape index (κ1) is 22.3. The highest BCUT2D eigenvalue weighted by molar-refractivity contribution is 9.10. The number of hydrogen-bond acceptors (Lipinski definition) is 8. The van der Waals surface area contributed by atoms with E-state index in [1.807, 2.05) is 0 Å². The van der Waals surface area contributed by atoms with Gasteiger partial charge in [0, 0.05) is 0 Å². The standard InChI is InChI=1S/C18H21BrO8P/c1-23-13-8-7-12(16(19)18(13)27-28(20,21)22)6-5-11-9-14(24-2)17(26-4)15(10-11)25-3/h5-10,20-22H,1-4H3/q+1/b6-5-. The second-order valence-electron chi connectivity index (χ2n) is 5.40. The zero-order chi connectivity index (χ0) is 20.9. The fourth-order valence-corrected chi connectivity index (χ4v) is 3.53. The van der Waals surface area contributed by atoms with Crippen LogP contribution in [-0.4, -0.2) is 43.1 Å². The Kier molecular flexibility index (Phi) is 7.51. The van der Waals surface area contributed by atoms with Crippen molar-refractivity contribution in [2.45, 2.75) is 0 Å². The third kappa shape index (κ3) is 5.27. The van der Waals surface area contributed by atoms with E-state index in [-0.39, 0.29) is 11.5 Å². The number of halogens is 1. The molecular formula is C18H21BrO8P+. The molecule has 0 saturated carbocycles. The highest BCUT2D eigenvalue weighted by atomic mass is 79.9. The van der Waals surface area contributed by atoms with Crippen LogP contribution >= 0.6 is 24.1 Å². The third-order valence-electron chi connectivity index (χ3n) is 3.67. The molecule has 0 spiro atoms. The van der Waals surface area contributed by atoms with Crippen LogP contribution in [0.5, 0.6) is 28.7 Å². The van der Waals surface area contributed by atoms with Crippen molar-refractivity contribution in [2.24, 2.45) is 0 Å². The van der Waals surface area contributed by atoms with Gasteiger partial charge in [-0.2, -0.15) is 14.7 Å². The molecule has 0 amide bonds. The Hall–Kier alpha value is -2.03. The number of hydrogen-bond donors (Lipinski definition) is 3. The average Bonchev–Trinajstić information content (AvgIpc) is 2.66. The minimum absolute atomic E-state index is 0.0321. The zero-order valence-electron chi connectivity index (χ0n) is 15.7. The molecule has 0 saturated heterocycles. The van der Waals surface area contributed by atoms with Gasteiger partial charge in [-0.3, -0.25) is 4.52 Å². The molecule has 8 nitrogen and oxygen atoms in total. The van der Waals surface area contributed by atoms with Gasteiger partial charge in [-0.15, -0.1) is 0 Å². The average molecular weight is 476 g/mol. The summed E-state index contributed by atoms with van der Waals surface area (Å²) in [5.74, 6) is 1.69. The Morgan fingerprint density at radius 2 is 1.36 bits per heavy atom. The summed E-state index contributed by atoms with van der Waals surface area (Å²) in [5.41, 5.74) is 1.41. The van der Waals surface area contributed by atoms with E-state index in [4.69, 9.17) is 23.5 Å². The van der Waals surface area contributed by atoms with Gasteiger partial charge in [-0.05, 0) is 51.3 Å². The summed E-state index contributed by atoms with van der Waals surface area (Å²) in [4.78, 5) is 27.7. The third-order valence-corrected chi connectivity index (χ3v) is 4.91. The van der Waals surface area contributed by atoms with Gasteiger partial charge in [0.2, 0.25) is 11.5 Å². The highest BCUT2D eigenvalue weighted by Gasteiger charge is 2.37. The summed E-state index contributed by atoms with van der Waals surface area (Å²) >= 11 is 3.34. The van der Waals surface area contributed by atoms with Crippen LogP contribution in [0, 0.1) is 0 Å². The van der Waals surface area contributed by atoms with Gasteiger partial charge in [0.15, 0.2) is 17.2 Å². The zero-order valence-corrected chi connectivity index (χ0v) is 18.2. The highest BCUT2D eigenvalue weighted by Crippen LogP contribution is 2.52. The van der Waals surface area contributed by atoms with E-state index in [1.165, 1.54) is 28.4 Å². The van der Waals surface area contributed by atoms with E-state index >= 15 is 0 Å². The van der Waals surface area contributed by atoms with Crippen LogP contribution in [0.3, 0.4) is 0 Å². The molecule has 10 heteroatoms. The Morgan fingerprint density at radius 3 is 1.82 bits per heavy atom. The van der Waals surface area contributed by atoms with Crippen molar-refractivity contribution in [1.82, 2.24) is 0 Å². The van der Waals surface area contributed by atoms with Crippen LogP contribution < -0.4 is 23.5 Å². The smallest absolute Gasteiger partial charge is 0.493 e. The van der Waals surface area contributed by atoms with Crippen LogP contribution in [0.15, 0.2) is 28.7 Å². The van der Waals surface area contributed by atoms with Crippen LogP contribution in [-0.2, 0) is 0 Å². The van der Waals surface area contributed by atoms with Crippen molar-refractivity contribution in [2.75, 3.05) is 28.4 Å². The Balaban J connectivity index is 2.45. The van der Waals surface area contributed by atoms with E-state index < -0.39 is 8.17 Å². The minimum Gasteiger partial charge on any atom is -0.493 e. The van der Waals surface area contributed by atoms with Crippen LogP contribution in [0.1, 0.15) is 11.1 Å². The van der Waals surface area contributed by atoms with Gasteiger partial charge in [-0.1, -0.05) is 12.2 Å². The van der Waals surface area contributed by atoms with E-state index in [1.54, 1.807) is 36.4 Å². The summed E-state index contributed by atoms with van der Waals surface area (Å²) in [5, 5.41) is 0. The molecule has 0 aromatic heterocycles. The summed E-state index contributed by atoms with van der Waals surface area (Å²) in [7, 11) is 1.47. The lowest BCUT2D eigenvalue weighted by Gasteiger charge is -2.13. The molecular weight excluding hydrogens is 455 g/mol. The topological polar surface area (TPSA) is 107 Å². The van der Waals surface area contributed by atoms with Gasteiger partial charge in [0.05, 0.1) is 32.9 Å². The van der Waals surface area contributed by atoms with Crippen LogP contribution in [0.4, 0.5) is 0 Å². The van der Waals surface area contributed by atoms with Crippen molar-refractivity contribution in [3.05, 3.63) is 39.9 Å². The Morgan fingerprint density at radius 1 is 0.786 bits per heavy atom. The molecule has 28 heavy (non-hydrogen) atoms. The summed E-state index contributed by atoms with van der Waals surface area (Å²) in [6, 6.07) is 6.86. The molecule has 0 radical (unpaired) electrons. The quantitative estimate of drug-likeness (QED) is 0.392. The van der Waals surface area contributed by atoms with Crippen molar-refractivity contribution >= 4 is 36.3 Å². The second-order valence-corrected chi connectivity index (χ2v) is 7.40. The summed E-state index contributed by atoms with van der Waals surface area (Å²) in [6.07, 6.45) is 3.55. The normalized spacial score (nSPS) is 11.4. The van der Waals surface area contributed by atoms with Gasteiger partial charge < -0.3 is 18.9 Å². The monoisotopic (exact) mass is 475 g/mol. The predicted molar refractivity (Wildman–Crippen MR) is 110 cm³/mol. The van der Waals surface area contributed by atoms with Crippen molar-refractivity contribution < 1.29 is 38.2 Å². The molecule has 0 fully saturated rings. The molecule has 2 rings (SSSR count). The first-order chi connectivity index (χ1) is 13.2. The van der Waals surface area contributed by atoms with Crippen LogP contribution in [0.2, 0.25) is 0 Å². The van der Waals surface area contributed by atoms with Gasteiger partial charge in [0.1, 0.15) is 0 Å². The Labute approximate surface area is 171 Å². The largest absolute Gasteiger partial charge is 0.614 e. The molecule has 0 aliphatic rings. The first-order valence-electron chi connectivity index (χ1n) is 7.85. The fourth-order valence-electron chi connectivity index (χ4n) is 2.43. The summed E-state index contributed by atoms with van der Waals surface area (Å²) in [6.45, 7) is 0.